The second-order valence-corrected chi connectivity index (χ2v) is 6.54. The number of carbonyl (C=O) groups excluding carboxylic acids is 2. The Hall–Kier alpha value is -2.27. The van der Waals surface area contributed by atoms with Gasteiger partial charge in [-0.3, -0.25) is 9.59 Å². The average Bonchev–Trinajstić information content (AvgIpc) is 3.31. The van der Waals surface area contributed by atoms with E-state index >= 15 is 0 Å². The van der Waals surface area contributed by atoms with Gasteiger partial charge in [-0.15, -0.1) is 0 Å². The first-order valence-electron chi connectivity index (χ1n) is 7.82. The molecule has 0 radical (unpaired) electrons. The molecule has 1 fully saturated rings. The number of aromatic nitrogens is 1. The number of nitrogens with zero attached hydrogens (tertiary/aromatic N) is 1. The zero-order chi connectivity index (χ0) is 17.4. The molecule has 1 amide bonds. The van der Waals surface area contributed by atoms with Gasteiger partial charge in [0.1, 0.15) is 5.75 Å². The van der Waals surface area contributed by atoms with Crippen LogP contribution in [0.15, 0.2) is 24.3 Å². The van der Waals surface area contributed by atoms with E-state index in [0.717, 1.165) is 24.2 Å². The van der Waals surface area contributed by atoms with Crippen molar-refractivity contribution >= 4 is 23.3 Å². The number of rotatable bonds is 6. The summed E-state index contributed by atoms with van der Waals surface area (Å²) < 4.78 is 7.74. The van der Waals surface area contributed by atoms with Crippen molar-refractivity contribution in [1.82, 2.24) is 4.57 Å². The molecule has 1 aliphatic carbocycles. The normalized spacial score (nSPS) is 13.8. The van der Waals surface area contributed by atoms with E-state index in [2.05, 4.69) is 4.57 Å². The molecule has 1 saturated carbocycles. The van der Waals surface area contributed by atoms with Crippen LogP contribution in [-0.4, -0.2) is 22.9 Å². The monoisotopic (exact) mass is 346 g/mol. The Kier molecular flexibility index (Phi) is 4.37. The summed E-state index contributed by atoms with van der Waals surface area (Å²) >= 11 is 5.86. The van der Waals surface area contributed by atoms with E-state index < -0.39 is 5.91 Å². The smallest absolute Gasteiger partial charge is 0.252 e. The average molecular weight is 347 g/mol. The van der Waals surface area contributed by atoms with E-state index in [0.29, 0.717) is 16.6 Å². The number of Topliss-reactive ketones (excluding diaryl/α,β-unsaturated/α-hetero) is 1. The van der Waals surface area contributed by atoms with Crippen LogP contribution < -0.4 is 10.5 Å². The first-order chi connectivity index (χ1) is 11.4. The second-order valence-electron chi connectivity index (χ2n) is 6.10. The number of hydrogen-bond acceptors (Lipinski definition) is 3. The lowest BCUT2D eigenvalue weighted by atomic mass is 10.1. The van der Waals surface area contributed by atoms with Gasteiger partial charge in [-0.25, -0.2) is 0 Å². The molecular formula is C18H19ClN2O3. The molecule has 126 valence electrons. The summed E-state index contributed by atoms with van der Waals surface area (Å²) in [5.74, 6) is -0.511. The summed E-state index contributed by atoms with van der Waals surface area (Å²) in [6, 6.07) is 6.99. The minimum atomic E-state index is -0.646. The number of benzene rings is 1. The molecule has 1 aromatic carbocycles. The van der Waals surface area contributed by atoms with E-state index in [1.165, 1.54) is 6.07 Å². The lowest BCUT2D eigenvalue weighted by Crippen LogP contribution is -2.17. The van der Waals surface area contributed by atoms with Crippen LogP contribution in [0.25, 0.3) is 0 Å². The maximum atomic E-state index is 12.5. The number of primary amides is 1. The van der Waals surface area contributed by atoms with Crippen molar-refractivity contribution in [2.75, 3.05) is 6.61 Å². The van der Waals surface area contributed by atoms with Crippen LogP contribution in [0.3, 0.4) is 0 Å². The third-order valence-electron chi connectivity index (χ3n) is 4.26. The summed E-state index contributed by atoms with van der Waals surface area (Å²) in [7, 11) is 0. The Morgan fingerprint density at radius 3 is 2.58 bits per heavy atom. The fraction of sp³-hybridized carbons (Fsp3) is 0.333. The van der Waals surface area contributed by atoms with Crippen LogP contribution in [0, 0.1) is 13.8 Å². The Morgan fingerprint density at radius 1 is 1.25 bits per heavy atom. The molecule has 0 bridgehead atoms. The Labute approximate surface area is 145 Å². The van der Waals surface area contributed by atoms with E-state index in [-0.39, 0.29) is 23.7 Å². The van der Waals surface area contributed by atoms with Gasteiger partial charge in [0.05, 0.1) is 5.56 Å². The Bertz CT molecular complexity index is 822. The Morgan fingerprint density at radius 2 is 1.96 bits per heavy atom. The van der Waals surface area contributed by atoms with Gasteiger partial charge in [0.15, 0.2) is 6.61 Å². The van der Waals surface area contributed by atoms with Crippen LogP contribution in [0.1, 0.15) is 51.0 Å². The van der Waals surface area contributed by atoms with Gasteiger partial charge in [0.2, 0.25) is 5.78 Å². The molecule has 2 N–H and O–H groups in total. The highest BCUT2D eigenvalue weighted by atomic mass is 35.5. The fourth-order valence-electron chi connectivity index (χ4n) is 3.00. The molecule has 0 spiro atoms. The first kappa shape index (κ1) is 16.6. The van der Waals surface area contributed by atoms with Crippen LogP contribution in [0.2, 0.25) is 5.02 Å². The van der Waals surface area contributed by atoms with Gasteiger partial charge < -0.3 is 15.0 Å². The Balaban J connectivity index is 1.77. The minimum absolute atomic E-state index is 0.125. The van der Waals surface area contributed by atoms with Gasteiger partial charge in [-0.2, -0.15) is 0 Å². The highest BCUT2D eigenvalue weighted by Gasteiger charge is 2.28. The summed E-state index contributed by atoms with van der Waals surface area (Å²) in [5, 5.41) is 0.385. The van der Waals surface area contributed by atoms with Crippen molar-refractivity contribution in [2.24, 2.45) is 5.73 Å². The van der Waals surface area contributed by atoms with E-state index in [9.17, 15) is 9.59 Å². The number of carbonyl (C=O) groups is 2. The molecule has 6 heteroatoms. The van der Waals surface area contributed by atoms with Crippen LogP contribution in [-0.2, 0) is 0 Å². The highest BCUT2D eigenvalue weighted by molar-refractivity contribution is 6.31. The minimum Gasteiger partial charge on any atom is -0.485 e. The third kappa shape index (κ3) is 3.17. The van der Waals surface area contributed by atoms with Crippen molar-refractivity contribution in [2.45, 2.75) is 32.7 Å². The molecule has 0 unspecified atom stereocenters. The van der Waals surface area contributed by atoms with Crippen molar-refractivity contribution in [3.05, 3.63) is 51.8 Å². The molecule has 5 nitrogen and oxygen atoms in total. The molecule has 1 aromatic heterocycles. The van der Waals surface area contributed by atoms with Crippen LogP contribution >= 0.6 is 11.6 Å². The number of hydrogen-bond donors (Lipinski definition) is 1. The zero-order valence-corrected chi connectivity index (χ0v) is 14.4. The SMILES string of the molecule is Cc1cc(C(=O)COc2ccc(Cl)cc2C(N)=O)c(C)n1C1CC1. The molecule has 3 rings (SSSR count). The third-order valence-corrected chi connectivity index (χ3v) is 4.50. The number of halogens is 1. The molecule has 0 atom stereocenters. The molecule has 1 aliphatic rings. The predicted octanol–water partition coefficient (Wildman–Crippen LogP) is 3.45. The van der Waals surface area contributed by atoms with Gasteiger partial charge in [-0.1, -0.05) is 11.6 Å². The maximum Gasteiger partial charge on any atom is 0.252 e. The highest BCUT2D eigenvalue weighted by Crippen LogP contribution is 2.38. The standard InChI is InChI=1S/C18H19ClN2O3/c1-10-7-14(11(2)21(10)13-4-5-13)16(22)9-24-17-6-3-12(19)8-15(17)18(20)23/h3,6-8,13H,4-5,9H2,1-2H3,(H2,20,23). The van der Waals surface area contributed by atoms with Crippen LogP contribution in [0.4, 0.5) is 0 Å². The van der Waals surface area contributed by atoms with Crippen molar-refractivity contribution in [3.63, 3.8) is 0 Å². The van der Waals surface area contributed by atoms with Crippen molar-refractivity contribution < 1.29 is 14.3 Å². The molecule has 1 heterocycles. The summed E-state index contributed by atoms with van der Waals surface area (Å²) in [4.78, 5) is 24.0. The van der Waals surface area contributed by atoms with Gasteiger partial charge >= 0.3 is 0 Å². The van der Waals surface area contributed by atoms with Crippen molar-refractivity contribution in [3.8, 4) is 5.75 Å². The molecule has 24 heavy (non-hydrogen) atoms. The number of ether oxygens (including phenoxy) is 1. The molecule has 0 aliphatic heterocycles. The predicted molar refractivity (Wildman–Crippen MR) is 92.0 cm³/mol. The van der Waals surface area contributed by atoms with Gasteiger partial charge in [-0.05, 0) is 51.0 Å². The molecule has 0 saturated heterocycles. The van der Waals surface area contributed by atoms with Gasteiger partial charge in [0.25, 0.3) is 5.91 Å². The maximum absolute atomic E-state index is 12.5. The largest absolute Gasteiger partial charge is 0.485 e. The van der Waals surface area contributed by atoms with Crippen molar-refractivity contribution in [1.29, 1.82) is 0 Å². The topological polar surface area (TPSA) is 74.3 Å². The number of nitrogens with two attached hydrogens (primary N) is 1. The lowest BCUT2D eigenvalue weighted by molar-refractivity contribution is 0.0911. The molecular weight excluding hydrogens is 328 g/mol. The quantitative estimate of drug-likeness (QED) is 0.814. The first-order valence-corrected chi connectivity index (χ1v) is 8.20. The summed E-state index contributed by atoms with van der Waals surface area (Å²) in [6.45, 7) is 3.81. The molecule has 2 aromatic rings. The van der Waals surface area contributed by atoms with E-state index in [4.69, 9.17) is 22.1 Å². The van der Waals surface area contributed by atoms with Crippen LogP contribution in [0.5, 0.6) is 5.75 Å². The van der Waals surface area contributed by atoms with Gasteiger partial charge in [0, 0.05) is 28.0 Å². The fourth-order valence-corrected chi connectivity index (χ4v) is 3.17. The summed E-state index contributed by atoms with van der Waals surface area (Å²) in [6.07, 6.45) is 2.32. The van der Waals surface area contributed by atoms with E-state index in [1.807, 2.05) is 19.9 Å². The zero-order valence-electron chi connectivity index (χ0n) is 13.6. The summed E-state index contributed by atoms with van der Waals surface area (Å²) in [5.41, 5.74) is 8.20. The van der Waals surface area contributed by atoms with E-state index in [1.54, 1.807) is 12.1 Å². The number of amides is 1. The number of aryl methyl sites for hydroxylation is 1. The lowest BCUT2D eigenvalue weighted by Gasteiger charge is -2.10. The second kappa shape index (κ2) is 6.32. The number of ketones is 1.